The molecule has 0 spiro atoms. The molecule has 2 heteroatoms. The first-order valence-electron chi connectivity index (χ1n) is 4.98. The van der Waals surface area contributed by atoms with E-state index in [0.717, 1.165) is 26.2 Å². The zero-order valence-electron chi connectivity index (χ0n) is 9.36. The Morgan fingerprint density at radius 3 is 1.13 bits per heavy atom. The molecule has 0 aromatic rings. The van der Waals surface area contributed by atoms with Crippen molar-refractivity contribution < 1.29 is 0 Å². The fourth-order valence-electron chi connectivity index (χ4n) is 1.14. The molecule has 0 aliphatic heterocycles. The van der Waals surface area contributed by atoms with Crippen LogP contribution in [0.4, 0.5) is 0 Å². The maximum Gasteiger partial charge on any atom is 0.147 e. The summed E-state index contributed by atoms with van der Waals surface area (Å²) >= 11 is 0. The minimum atomic E-state index is 0.761. The van der Waals surface area contributed by atoms with Gasteiger partial charge in [0.2, 0.25) is 0 Å². The van der Waals surface area contributed by atoms with E-state index in [1.165, 1.54) is 0 Å². The van der Waals surface area contributed by atoms with Gasteiger partial charge < -0.3 is 0 Å². The van der Waals surface area contributed by atoms with Crippen LogP contribution in [0.25, 0.3) is 0 Å². The van der Waals surface area contributed by atoms with Crippen molar-refractivity contribution in [3.63, 3.8) is 0 Å². The second-order valence-corrected chi connectivity index (χ2v) is 3.06. The second kappa shape index (κ2) is 9.44. The normalized spacial score (nSPS) is 10.3. The summed E-state index contributed by atoms with van der Waals surface area (Å²) < 4.78 is 0. The van der Waals surface area contributed by atoms with Gasteiger partial charge in [-0.05, 0) is 0 Å². The molecule has 0 bridgehead atoms. The van der Waals surface area contributed by atoms with E-state index in [-0.39, 0.29) is 0 Å². The van der Waals surface area contributed by atoms with Gasteiger partial charge in [-0.1, -0.05) is 24.3 Å². The fraction of sp³-hybridized carbons (Fsp3) is 0.308. The summed E-state index contributed by atoms with van der Waals surface area (Å²) in [5, 5.41) is 0. The minimum absolute atomic E-state index is 0.761. The summed E-state index contributed by atoms with van der Waals surface area (Å²) in [5.74, 6) is 0. The maximum absolute atomic E-state index is 3.71. The molecule has 0 aliphatic rings. The predicted octanol–water partition coefficient (Wildman–Crippen LogP) is 2.33. The molecule has 0 N–H and O–H groups in total. The third-order valence-corrected chi connectivity index (χ3v) is 1.68. The molecule has 2 nitrogen and oxygen atoms in total. The highest BCUT2D eigenvalue weighted by molar-refractivity contribution is 4.88. The van der Waals surface area contributed by atoms with Gasteiger partial charge in [-0.2, -0.15) is 0 Å². The molecule has 0 aromatic carbocycles. The highest BCUT2D eigenvalue weighted by Crippen LogP contribution is 2.01. The van der Waals surface area contributed by atoms with E-state index in [9.17, 15) is 0 Å². The molecule has 0 aromatic heterocycles. The number of hydrogen-bond acceptors (Lipinski definition) is 2. The first-order valence-corrected chi connectivity index (χ1v) is 4.98. The van der Waals surface area contributed by atoms with Gasteiger partial charge in [0, 0.05) is 26.2 Å². The Hall–Kier alpha value is -1.12. The Balaban J connectivity index is 4.15. The van der Waals surface area contributed by atoms with Crippen LogP contribution >= 0.6 is 0 Å². The van der Waals surface area contributed by atoms with Crippen molar-refractivity contribution in [3.8, 4) is 0 Å². The van der Waals surface area contributed by atoms with Crippen LogP contribution in [0.3, 0.4) is 0 Å². The van der Waals surface area contributed by atoms with Crippen molar-refractivity contribution in [2.45, 2.75) is 0 Å². The topological polar surface area (TPSA) is 6.48 Å². The molecule has 0 rings (SSSR count). The Morgan fingerprint density at radius 2 is 0.933 bits per heavy atom. The first-order chi connectivity index (χ1) is 7.28. The molecule has 0 unspecified atom stereocenters. The summed E-state index contributed by atoms with van der Waals surface area (Å²) in [4.78, 5) is 4.01. The van der Waals surface area contributed by atoms with Crippen LogP contribution in [0.15, 0.2) is 50.6 Å². The van der Waals surface area contributed by atoms with Crippen molar-refractivity contribution in [2.24, 2.45) is 0 Å². The zero-order valence-corrected chi connectivity index (χ0v) is 9.36. The van der Waals surface area contributed by atoms with Crippen LogP contribution in [-0.4, -0.2) is 36.0 Å². The van der Waals surface area contributed by atoms with Gasteiger partial charge in [-0.15, -0.1) is 26.3 Å². The average Bonchev–Trinajstić information content (AvgIpc) is 2.19. The van der Waals surface area contributed by atoms with Crippen molar-refractivity contribution in [2.75, 3.05) is 26.2 Å². The second-order valence-electron chi connectivity index (χ2n) is 3.06. The van der Waals surface area contributed by atoms with Gasteiger partial charge in [-0.3, -0.25) is 9.80 Å². The summed E-state index contributed by atoms with van der Waals surface area (Å²) in [6.07, 6.45) is 7.38. The molecule has 0 amide bonds. The van der Waals surface area contributed by atoms with Crippen molar-refractivity contribution in [3.05, 3.63) is 57.3 Å². The smallest absolute Gasteiger partial charge is 0.147 e. The lowest BCUT2D eigenvalue weighted by atomic mass is 10.4. The summed E-state index contributed by atoms with van der Waals surface area (Å²) in [6, 6.07) is 0. The summed E-state index contributed by atoms with van der Waals surface area (Å²) in [6.45, 7) is 21.1. The lowest BCUT2D eigenvalue weighted by Gasteiger charge is -2.25. The molecule has 0 saturated carbocycles. The van der Waals surface area contributed by atoms with E-state index in [0.29, 0.717) is 0 Å². The van der Waals surface area contributed by atoms with Crippen LogP contribution in [0, 0.1) is 6.67 Å². The predicted molar refractivity (Wildman–Crippen MR) is 67.2 cm³/mol. The third kappa shape index (κ3) is 6.89. The zero-order chi connectivity index (χ0) is 11.5. The van der Waals surface area contributed by atoms with Gasteiger partial charge >= 0.3 is 0 Å². The van der Waals surface area contributed by atoms with Gasteiger partial charge in [0.15, 0.2) is 0 Å². The van der Waals surface area contributed by atoms with Crippen LogP contribution in [-0.2, 0) is 0 Å². The van der Waals surface area contributed by atoms with Gasteiger partial charge in [0.1, 0.15) is 6.67 Å². The largest absolute Gasteiger partial charge is 0.272 e. The molecule has 2 radical (unpaired) electrons. The van der Waals surface area contributed by atoms with Crippen LogP contribution in [0.1, 0.15) is 0 Å². The van der Waals surface area contributed by atoms with Gasteiger partial charge in [0.25, 0.3) is 0 Å². The molecule has 0 aliphatic carbocycles. The van der Waals surface area contributed by atoms with Crippen molar-refractivity contribution in [1.82, 2.24) is 9.80 Å². The fourth-order valence-corrected chi connectivity index (χ4v) is 1.14. The molecule has 82 valence electrons. The van der Waals surface area contributed by atoms with E-state index in [1.54, 1.807) is 0 Å². The maximum atomic E-state index is 3.71. The third-order valence-electron chi connectivity index (χ3n) is 1.68. The number of nitrogens with zero attached hydrogens (tertiary/aromatic N) is 2. The number of rotatable bonds is 10. The highest BCUT2D eigenvalue weighted by atomic mass is 15.3. The number of hydrogen-bond donors (Lipinski definition) is 0. The van der Waals surface area contributed by atoms with E-state index in [4.69, 9.17) is 0 Å². The monoisotopic (exact) mass is 204 g/mol. The van der Waals surface area contributed by atoms with Crippen molar-refractivity contribution in [1.29, 1.82) is 0 Å². The Labute approximate surface area is 93.9 Å². The molecule has 0 saturated heterocycles. The standard InChI is InChI=1S/C13H20N2/c1-5-9-14(10-6-2)13-15(11-7-3)12-8-4/h5-8H,1-4,9-12H2. The van der Waals surface area contributed by atoms with E-state index in [1.807, 2.05) is 34.1 Å². The highest BCUT2D eigenvalue weighted by Gasteiger charge is 2.08. The van der Waals surface area contributed by atoms with E-state index < -0.39 is 0 Å². The molecule has 0 heterocycles. The molecule has 0 atom stereocenters. The summed E-state index contributed by atoms with van der Waals surface area (Å²) in [5.41, 5.74) is 0. The lowest BCUT2D eigenvalue weighted by molar-refractivity contribution is 0.253. The molecule has 0 fully saturated rings. The van der Waals surface area contributed by atoms with Crippen molar-refractivity contribution >= 4 is 0 Å². The van der Waals surface area contributed by atoms with Crippen LogP contribution < -0.4 is 0 Å². The molecule has 15 heavy (non-hydrogen) atoms. The SMILES string of the molecule is C=CCN([C]N(CC=C)CC=C)CC=C. The first kappa shape index (κ1) is 13.9. The summed E-state index contributed by atoms with van der Waals surface area (Å²) in [7, 11) is 0. The Bertz CT molecular complexity index is 167. The lowest BCUT2D eigenvalue weighted by Crippen LogP contribution is -2.33. The van der Waals surface area contributed by atoms with E-state index >= 15 is 0 Å². The minimum Gasteiger partial charge on any atom is -0.272 e. The van der Waals surface area contributed by atoms with Crippen LogP contribution in [0.5, 0.6) is 0 Å². The Morgan fingerprint density at radius 1 is 0.667 bits per heavy atom. The van der Waals surface area contributed by atoms with Gasteiger partial charge in [0.05, 0.1) is 0 Å². The average molecular weight is 204 g/mol. The molecular formula is C13H20N2. The van der Waals surface area contributed by atoms with Crippen LogP contribution in [0.2, 0.25) is 0 Å². The van der Waals surface area contributed by atoms with Gasteiger partial charge in [-0.25, -0.2) is 0 Å². The van der Waals surface area contributed by atoms with E-state index in [2.05, 4.69) is 33.0 Å². The molecular weight excluding hydrogens is 184 g/mol. The quantitative estimate of drug-likeness (QED) is 0.398. The Kier molecular flexibility index (Phi) is 8.73.